The maximum Gasteiger partial charge on any atom is 4.00 e. The van der Waals surface area contributed by atoms with Crippen LogP contribution in [0, 0.1) is 0 Å². The number of carbonyl (C=O) groups excluding carboxylic acids is 4. The molecule has 0 unspecified atom stereocenters. The Morgan fingerprint density at radius 3 is 0.571 bits per heavy atom. The first-order valence-electron chi connectivity index (χ1n) is 4.42. The Bertz CT molecular complexity index is 301. The molecule has 21 heavy (non-hydrogen) atoms. The molecule has 0 saturated heterocycles. The molecule has 0 aromatic heterocycles. The van der Waals surface area contributed by atoms with Crippen LogP contribution in [0.15, 0.2) is 50.6 Å². The van der Waals surface area contributed by atoms with Gasteiger partial charge in [-0.15, -0.1) is 0 Å². The first-order chi connectivity index (χ1) is 9.08. The van der Waals surface area contributed by atoms with Gasteiger partial charge in [-0.2, -0.15) is 0 Å². The molecule has 0 aliphatic heterocycles. The second kappa shape index (κ2) is 25.8. The van der Waals surface area contributed by atoms with Crippen LogP contribution in [0.5, 0.6) is 0 Å². The molecule has 0 atom stereocenters. The van der Waals surface area contributed by atoms with Gasteiger partial charge in [-0.05, 0) is 24.3 Å². The van der Waals surface area contributed by atoms with Gasteiger partial charge >= 0.3 is 11.0 Å². The molecule has 0 N–H and O–H groups in total. The molecular weight excluding hydrogens is 300 g/mol. The van der Waals surface area contributed by atoms with Crippen LogP contribution in [0.4, 0.5) is 0 Å². The summed E-state index contributed by atoms with van der Waals surface area (Å²) < 4.78 is 0. The van der Waals surface area contributed by atoms with Crippen molar-refractivity contribution in [2.24, 2.45) is 0 Å². The molecule has 9 heteroatoms. The predicted molar refractivity (Wildman–Crippen MR) is 66.6 cm³/mol. The molecule has 0 radical (unpaired) electrons. The normalized spacial score (nSPS) is 6.10. The van der Waals surface area contributed by atoms with E-state index in [0.717, 1.165) is 24.3 Å². The molecule has 0 heterocycles. The van der Waals surface area contributed by atoms with Crippen LogP contribution in [0.3, 0.4) is 0 Å². The minimum atomic E-state index is -1.23. The summed E-state index contributed by atoms with van der Waals surface area (Å²) in [4.78, 5) is 36.6. The van der Waals surface area contributed by atoms with Crippen molar-refractivity contribution < 1.29 is 39.6 Å². The quantitative estimate of drug-likeness (QED) is 0.369. The molecule has 0 saturated carbocycles. The predicted octanol–water partition coefficient (Wildman–Crippen LogP) is -4.69. The molecule has 0 amide bonds. The van der Waals surface area contributed by atoms with E-state index in [2.05, 4.69) is 26.3 Å². The van der Waals surface area contributed by atoms with Crippen molar-refractivity contribution in [3.05, 3.63) is 50.6 Å². The second-order valence-electron chi connectivity index (χ2n) is 2.09. The molecule has 0 rings (SSSR count). The summed E-state index contributed by atoms with van der Waals surface area (Å²) >= 11 is 0. The monoisotopic (exact) mass is 312 g/mol. The van der Waals surface area contributed by atoms with Gasteiger partial charge in [0.15, 0.2) is 0 Å². The van der Waals surface area contributed by atoms with E-state index in [-0.39, 0.29) is 11.0 Å². The van der Waals surface area contributed by atoms with E-state index in [4.69, 9.17) is 39.6 Å². The Kier molecular flexibility index (Phi) is 37.9. The minimum Gasteiger partial charge on any atom is -0.545 e. The fourth-order valence-electron chi connectivity index (χ4n) is 0. The van der Waals surface area contributed by atoms with Crippen LogP contribution in [0.25, 0.3) is 0 Å². The smallest absolute Gasteiger partial charge is 0.545 e. The van der Waals surface area contributed by atoms with Crippen molar-refractivity contribution in [1.29, 1.82) is 0 Å². The Balaban J connectivity index is -0.0000000533. The standard InChI is InChI=1S/4C3H4O2.Si/c4*1-2-3(4)5;/h4*2H,1H2,(H,4,5);/q;;;;+4/p-4. The molecule has 0 bridgehead atoms. The number of carbonyl (C=O) groups is 4. The molecule has 112 valence electrons. The molecule has 8 nitrogen and oxygen atoms in total. The van der Waals surface area contributed by atoms with Crippen molar-refractivity contribution in [3.63, 3.8) is 0 Å². The number of hydrogen-bond donors (Lipinski definition) is 0. The van der Waals surface area contributed by atoms with Crippen molar-refractivity contribution in [1.82, 2.24) is 0 Å². The second-order valence-corrected chi connectivity index (χ2v) is 2.09. The van der Waals surface area contributed by atoms with Crippen molar-refractivity contribution in [2.45, 2.75) is 0 Å². The maximum absolute atomic E-state index is 9.14. The molecule has 0 aromatic carbocycles. The summed E-state index contributed by atoms with van der Waals surface area (Å²) in [7, 11) is 0. The van der Waals surface area contributed by atoms with E-state index in [0.29, 0.717) is 0 Å². The van der Waals surface area contributed by atoms with E-state index in [1.165, 1.54) is 0 Å². The van der Waals surface area contributed by atoms with Gasteiger partial charge in [0, 0.05) is 0 Å². The van der Waals surface area contributed by atoms with Crippen LogP contribution in [-0.2, 0) is 19.2 Å². The zero-order valence-corrected chi connectivity index (χ0v) is 11.9. The summed E-state index contributed by atoms with van der Waals surface area (Å²) in [5, 5.41) is 36.6. The zero-order valence-electron chi connectivity index (χ0n) is 10.9. The van der Waals surface area contributed by atoms with Crippen molar-refractivity contribution in [3.8, 4) is 0 Å². The van der Waals surface area contributed by atoms with Gasteiger partial charge in [-0.25, -0.2) is 0 Å². The first kappa shape index (κ1) is 30.8. The summed E-state index contributed by atoms with van der Waals surface area (Å²) in [6.45, 7) is 11.6. The summed E-state index contributed by atoms with van der Waals surface area (Å²) in [6.07, 6.45) is 2.89. The van der Waals surface area contributed by atoms with Crippen LogP contribution in [0.2, 0.25) is 0 Å². The molecule has 0 fully saturated rings. The van der Waals surface area contributed by atoms with E-state index >= 15 is 0 Å². The van der Waals surface area contributed by atoms with E-state index < -0.39 is 23.9 Å². The Labute approximate surface area is 126 Å². The van der Waals surface area contributed by atoms with Crippen LogP contribution >= 0.6 is 0 Å². The fourth-order valence-corrected chi connectivity index (χ4v) is 0. The topological polar surface area (TPSA) is 161 Å². The van der Waals surface area contributed by atoms with E-state index in [9.17, 15) is 0 Å². The largest absolute Gasteiger partial charge is 4.00 e. The third-order valence-electron chi connectivity index (χ3n) is 0.667. The molecule has 0 aliphatic rings. The van der Waals surface area contributed by atoms with E-state index in [1.54, 1.807) is 0 Å². The summed E-state index contributed by atoms with van der Waals surface area (Å²) in [5.74, 6) is -4.93. The van der Waals surface area contributed by atoms with Gasteiger partial charge in [0.05, 0.1) is 23.9 Å². The van der Waals surface area contributed by atoms with Gasteiger partial charge in [0.2, 0.25) is 0 Å². The Hall–Kier alpha value is -2.94. The van der Waals surface area contributed by atoms with Crippen molar-refractivity contribution >= 4 is 34.8 Å². The van der Waals surface area contributed by atoms with Crippen molar-refractivity contribution in [2.75, 3.05) is 0 Å². The number of rotatable bonds is 4. The van der Waals surface area contributed by atoms with Crippen LogP contribution in [-0.4, -0.2) is 34.8 Å². The number of hydrogen-bond acceptors (Lipinski definition) is 8. The average Bonchev–Trinajstić information content (AvgIpc) is 2.40. The van der Waals surface area contributed by atoms with E-state index in [1.807, 2.05) is 0 Å². The number of carboxylic acids is 4. The SMILES string of the molecule is C=CC(=O)[O-].C=CC(=O)[O-].C=CC(=O)[O-].C=CC(=O)[O-].[Si+4]. The molecular formula is C12H12O8Si. The summed E-state index contributed by atoms with van der Waals surface area (Å²) in [5.41, 5.74) is 0. The number of aliphatic carboxylic acids is 4. The average molecular weight is 312 g/mol. The minimum absolute atomic E-state index is 0. The number of carboxylic acid groups (broad SMARTS) is 4. The third kappa shape index (κ3) is 151. The Morgan fingerprint density at radius 1 is 0.524 bits per heavy atom. The molecule has 0 aliphatic carbocycles. The Morgan fingerprint density at radius 2 is 0.571 bits per heavy atom. The first-order valence-corrected chi connectivity index (χ1v) is 4.42. The summed E-state index contributed by atoms with van der Waals surface area (Å²) in [6, 6.07) is 0. The molecule has 0 spiro atoms. The van der Waals surface area contributed by atoms with Gasteiger partial charge in [0.25, 0.3) is 0 Å². The third-order valence-corrected chi connectivity index (χ3v) is 0.667. The van der Waals surface area contributed by atoms with Gasteiger partial charge in [-0.3, -0.25) is 0 Å². The zero-order chi connectivity index (χ0) is 17.1. The fraction of sp³-hybridized carbons (Fsp3) is 0. The van der Waals surface area contributed by atoms with Crippen LogP contribution in [0.1, 0.15) is 0 Å². The van der Waals surface area contributed by atoms with Crippen LogP contribution < -0.4 is 20.4 Å². The van der Waals surface area contributed by atoms with Gasteiger partial charge in [0.1, 0.15) is 0 Å². The molecule has 0 aromatic rings. The van der Waals surface area contributed by atoms with Gasteiger partial charge < -0.3 is 39.6 Å². The maximum atomic E-state index is 9.14. The van der Waals surface area contributed by atoms with Gasteiger partial charge in [-0.1, -0.05) is 26.3 Å².